The van der Waals surface area contributed by atoms with Crippen LogP contribution in [-0.2, 0) is 19.0 Å². The van der Waals surface area contributed by atoms with Crippen LogP contribution in [0.4, 0.5) is 0 Å². The lowest BCUT2D eigenvalue weighted by Crippen LogP contribution is -2.23. The van der Waals surface area contributed by atoms with Gasteiger partial charge in [0.05, 0.1) is 38.6 Å². The molecule has 29 heavy (non-hydrogen) atoms. The van der Waals surface area contributed by atoms with Crippen LogP contribution in [0.25, 0.3) is 0 Å². The second-order valence-electron chi connectivity index (χ2n) is 7.56. The number of Topliss-reactive ketones (excluding diaryl/α,β-unsaturated/α-hetero) is 1. The minimum absolute atomic E-state index is 0.0376. The number of fused-ring (bicyclic) bond motifs is 1. The zero-order valence-corrected chi connectivity index (χ0v) is 17.6. The van der Waals surface area contributed by atoms with Gasteiger partial charge in [0.1, 0.15) is 5.75 Å². The van der Waals surface area contributed by atoms with Gasteiger partial charge in [0, 0.05) is 23.5 Å². The summed E-state index contributed by atoms with van der Waals surface area (Å²) in [7, 11) is 0. The van der Waals surface area contributed by atoms with Gasteiger partial charge in [-0.05, 0) is 44.0 Å². The van der Waals surface area contributed by atoms with Crippen molar-refractivity contribution < 1.29 is 28.5 Å². The first-order chi connectivity index (χ1) is 13.9. The van der Waals surface area contributed by atoms with Gasteiger partial charge in [0.25, 0.3) is 0 Å². The molecule has 0 unspecified atom stereocenters. The third-order valence-electron chi connectivity index (χ3n) is 5.03. The van der Waals surface area contributed by atoms with Crippen LogP contribution in [0.5, 0.6) is 5.75 Å². The first-order valence-electron chi connectivity index (χ1n) is 10.2. The van der Waals surface area contributed by atoms with E-state index >= 15 is 0 Å². The second-order valence-corrected chi connectivity index (χ2v) is 7.56. The number of unbranched alkanes of at least 4 members (excludes halogenated alkanes) is 1. The van der Waals surface area contributed by atoms with Crippen molar-refractivity contribution in [2.75, 3.05) is 26.4 Å². The molecule has 0 spiro atoms. The van der Waals surface area contributed by atoms with Gasteiger partial charge in [0.15, 0.2) is 5.78 Å². The molecule has 1 aromatic carbocycles. The number of rotatable bonds is 8. The van der Waals surface area contributed by atoms with Gasteiger partial charge in [0.2, 0.25) is 0 Å². The highest BCUT2D eigenvalue weighted by Crippen LogP contribution is 2.33. The second kappa shape index (κ2) is 11.7. The lowest BCUT2D eigenvalue weighted by Gasteiger charge is -2.10. The average Bonchev–Trinajstić information content (AvgIpc) is 3.28. The molecule has 0 radical (unpaired) electrons. The molecule has 160 valence electrons. The van der Waals surface area contributed by atoms with Crippen LogP contribution in [-0.4, -0.2) is 50.4 Å². The van der Waals surface area contributed by atoms with Gasteiger partial charge in [-0.1, -0.05) is 20.4 Å². The zero-order valence-electron chi connectivity index (χ0n) is 17.6. The monoisotopic (exact) mass is 404 g/mol. The summed E-state index contributed by atoms with van der Waals surface area (Å²) in [4.78, 5) is 21.8. The molecule has 3 rings (SSSR count). The fourth-order valence-corrected chi connectivity index (χ4v) is 3.29. The van der Waals surface area contributed by atoms with Crippen LogP contribution in [0.1, 0.15) is 44.0 Å². The van der Waals surface area contributed by atoms with Gasteiger partial charge in [-0.2, -0.15) is 0 Å². The zero-order chi connectivity index (χ0) is 21.2. The Morgan fingerprint density at radius 1 is 1.03 bits per heavy atom. The highest BCUT2D eigenvalue weighted by Gasteiger charge is 2.43. The molecular weight excluding hydrogens is 372 g/mol. The molecule has 0 saturated carbocycles. The van der Waals surface area contributed by atoms with Crippen molar-refractivity contribution in [2.24, 2.45) is 11.8 Å². The van der Waals surface area contributed by atoms with Crippen molar-refractivity contribution in [3.05, 3.63) is 42.5 Å². The Balaban J connectivity index is 0.000000248. The molecule has 0 amide bonds. The van der Waals surface area contributed by atoms with Gasteiger partial charge < -0.3 is 18.9 Å². The van der Waals surface area contributed by atoms with E-state index < -0.39 is 5.97 Å². The number of ketones is 1. The van der Waals surface area contributed by atoms with E-state index in [-0.39, 0.29) is 5.78 Å². The van der Waals surface area contributed by atoms with Crippen molar-refractivity contribution in [1.82, 2.24) is 0 Å². The Bertz CT molecular complexity index is 652. The summed E-state index contributed by atoms with van der Waals surface area (Å²) in [5.74, 6) is 1.58. The molecule has 6 nitrogen and oxygen atoms in total. The van der Waals surface area contributed by atoms with Crippen LogP contribution >= 0.6 is 0 Å². The Morgan fingerprint density at radius 3 is 2.10 bits per heavy atom. The third kappa shape index (κ3) is 7.29. The van der Waals surface area contributed by atoms with Crippen LogP contribution in [0.2, 0.25) is 0 Å². The first kappa shape index (κ1) is 23.1. The Hall–Kier alpha value is -2.18. The van der Waals surface area contributed by atoms with Crippen LogP contribution in [0.3, 0.4) is 0 Å². The fourth-order valence-electron chi connectivity index (χ4n) is 3.29. The summed E-state index contributed by atoms with van der Waals surface area (Å²) < 4.78 is 21.5. The minimum atomic E-state index is -0.402. The minimum Gasteiger partial charge on any atom is -0.494 e. The Labute approximate surface area is 173 Å². The van der Waals surface area contributed by atoms with Gasteiger partial charge in [-0.25, -0.2) is 4.79 Å². The van der Waals surface area contributed by atoms with E-state index in [1.165, 1.54) is 6.92 Å². The summed E-state index contributed by atoms with van der Waals surface area (Å²) in [5.41, 5.74) is 0.670. The molecule has 0 N–H and O–H groups in total. The molecule has 1 aromatic rings. The van der Waals surface area contributed by atoms with E-state index in [1.54, 1.807) is 24.3 Å². The molecule has 2 saturated heterocycles. The normalized spacial score (nSPS) is 24.8. The largest absolute Gasteiger partial charge is 0.494 e. The van der Waals surface area contributed by atoms with E-state index in [9.17, 15) is 9.59 Å². The molecule has 0 bridgehead atoms. The van der Waals surface area contributed by atoms with Gasteiger partial charge in [-0.3, -0.25) is 4.79 Å². The van der Waals surface area contributed by atoms with Crippen molar-refractivity contribution in [1.29, 1.82) is 0 Å². The number of carbonyl (C=O) groups excluding carboxylic acids is 2. The molecule has 4 atom stereocenters. The molecule has 2 aliphatic rings. The van der Waals surface area contributed by atoms with E-state index in [0.29, 0.717) is 42.8 Å². The van der Waals surface area contributed by atoms with Crippen molar-refractivity contribution in [2.45, 2.75) is 45.8 Å². The quantitative estimate of drug-likeness (QED) is 0.284. The predicted octanol–water partition coefficient (Wildman–Crippen LogP) is 3.83. The Morgan fingerprint density at radius 2 is 1.59 bits per heavy atom. The molecule has 2 fully saturated rings. The van der Waals surface area contributed by atoms with E-state index in [0.717, 1.165) is 37.9 Å². The van der Waals surface area contributed by atoms with Crippen LogP contribution < -0.4 is 4.74 Å². The topological polar surface area (TPSA) is 71.1 Å². The average molecular weight is 405 g/mol. The number of esters is 1. The van der Waals surface area contributed by atoms with Crippen molar-refractivity contribution in [3.63, 3.8) is 0 Å². The third-order valence-corrected chi connectivity index (χ3v) is 5.03. The lowest BCUT2D eigenvalue weighted by atomic mass is 9.99. The fraction of sp³-hybridized carbons (Fsp3) is 0.565. The molecule has 0 aliphatic carbocycles. The highest BCUT2D eigenvalue weighted by atomic mass is 16.6. The summed E-state index contributed by atoms with van der Waals surface area (Å²) in [6.07, 6.45) is 3.47. The first-order valence-corrected chi connectivity index (χ1v) is 10.2. The van der Waals surface area contributed by atoms with Crippen molar-refractivity contribution in [3.8, 4) is 5.75 Å². The maximum atomic E-state index is 11.1. The van der Waals surface area contributed by atoms with Crippen molar-refractivity contribution >= 4 is 11.8 Å². The predicted molar refractivity (Wildman–Crippen MR) is 110 cm³/mol. The smallest absolute Gasteiger partial charge is 0.330 e. The summed E-state index contributed by atoms with van der Waals surface area (Å²) in [5, 5.41) is 0. The SMILES string of the molecule is C=CC(=O)OCCCCOc1ccc(C(C)=O)cc1.C[C@@H]1CO[C@H]2[C@@H]1OC[C@@H]2C. The number of hydrogen-bond donors (Lipinski definition) is 0. The maximum absolute atomic E-state index is 11.1. The molecule has 2 aliphatic heterocycles. The number of carbonyl (C=O) groups is 2. The van der Waals surface area contributed by atoms with Gasteiger partial charge >= 0.3 is 5.97 Å². The Kier molecular flexibility index (Phi) is 9.35. The number of ether oxygens (including phenoxy) is 4. The van der Waals surface area contributed by atoms with Gasteiger partial charge in [-0.15, -0.1) is 0 Å². The molecule has 0 aromatic heterocycles. The lowest BCUT2D eigenvalue weighted by molar-refractivity contribution is -0.137. The molecule has 2 heterocycles. The summed E-state index contributed by atoms with van der Waals surface area (Å²) in [6, 6.07) is 7.02. The van der Waals surface area contributed by atoms with E-state index in [4.69, 9.17) is 18.9 Å². The number of benzene rings is 1. The number of hydrogen-bond acceptors (Lipinski definition) is 6. The molecule has 6 heteroatoms. The molecular formula is C23H32O6. The van der Waals surface area contributed by atoms with E-state index in [1.807, 2.05) is 0 Å². The highest BCUT2D eigenvalue weighted by molar-refractivity contribution is 5.94. The van der Waals surface area contributed by atoms with Crippen LogP contribution in [0.15, 0.2) is 36.9 Å². The van der Waals surface area contributed by atoms with Crippen LogP contribution in [0, 0.1) is 11.8 Å². The standard InChI is InChI=1S/C15H18O4.C8H14O2/c1-3-15(17)19-11-5-4-10-18-14-8-6-13(7-9-14)12(2)16;1-5-3-9-8-6(2)4-10-7(5)8/h3,6-9H,1,4-5,10-11H2,2H3;5-8H,3-4H2,1-2H3/t;5-,6+,7-,8-/m.1/s1. The summed E-state index contributed by atoms with van der Waals surface area (Å²) in [6.45, 7) is 11.9. The summed E-state index contributed by atoms with van der Waals surface area (Å²) >= 11 is 0. The van der Waals surface area contributed by atoms with E-state index in [2.05, 4.69) is 20.4 Å². The maximum Gasteiger partial charge on any atom is 0.330 e.